The molecule has 0 saturated heterocycles. The van der Waals surface area contributed by atoms with Crippen LogP contribution in [-0.4, -0.2) is 69.0 Å². The molecular formula is C108H90HfN6O6. The van der Waals surface area contributed by atoms with Crippen molar-refractivity contribution in [3.05, 3.63) is 399 Å². The van der Waals surface area contributed by atoms with Crippen LogP contribution in [0.4, 0.5) is 22.7 Å². The number of aryl methyl sites for hydroxylation is 4. The summed E-state index contributed by atoms with van der Waals surface area (Å²) < 4.78 is 19.8. The molecule has 0 aliphatic carbocycles. The summed E-state index contributed by atoms with van der Waals surface area (Å²) in [5.74, 6) is 0.150. The maximum atomic E-state index is 14.9. The van der Waals surface area contributed by atoms with E-state index in [0.29, 0.717) is 71.6 Å². The third kappa shape index (κ3) is 15.5. The van der Waals surface area contributed by atoms with Gasteiger partial charge in [0, 0.05) is 104 Å². The van der Waals surface area contributed by atoms with E-state index in [1.54, 1.807) is 14.2 Å². The van der Waals surface area contributed by atoms with E-state index in [1.165, 1.54) is 0 Å². The Morgan fingerprint density at radius 3 is 0.752 bits per heavy atom. The van der Waals surface area contributed by atoms with Gasteiger partial charge in [-0.2, -0.15) is 49.2 Å². The van der Waals surface area contributed by atoms with Gasteiger partial charge in [0.2, 0.25) is 0 Å². The maximum Gasteiger partial charge on any atom is 4.00 e. The number of hydrogen-bond acceptors (Lipinski definition) is 8. The standard InChI is InChI=1S/2C47H39N3O3.2C7H7.Hf/c2*1-30-26-37(46(51)44(28-30)49-39-20-10-5-14-32(39)33-15-6-11-21-40(33)49)36-18-4-9-19-38(36)48(24-25-53-3)43-27-31(2)29-45(47(43)52)50-41-22-12-7-16-34(41)35-17-8-13-23-42(35)50;2*1-7-5-3-2-4-6-7;/h2*4-23,26-29,51-52H,24-25H2,1-3H3;2*2-6H,1H2;/q;;2*-1;+4/p-2. The van der Waals surface area contributed by atoms with E-state index in [2.05, 4.69) is 153 Å². The summed E-state index contributed by atoms with van der Waals surface area (Å²) in [5.41, 5.74) is 22.2. The number of ether oxygens (including phenoxy) is 2. The third-order valence-corrected chi connectivity index (χ3v) is 22.4. The Bertz CT molecular complexity index is 6540. The van der Waals surface area contributed by atoms with Crippen molar-refractivity contribution in [2.45, 2.75) is 27.7 Å². The minimum atomic E-state index is -0.0688. The molecule has 121 heavy (non-hydrogen) atoms. The summed E-state index contributed by atoms with van der Waals surface area (Å²) in [6.45, 7) is 17.3. The van der Waals surface area contributed by atoms with Gasteiger partial charge in [0.15, 0.2) is 11.5 Å². The Kier molecular flexibility index (Phi) is 23.6. The van der Waals surface area contributed by atoms with E-state index in [-0.39, 0.29) is 48.8 Å². The first-order valence-electron chi connectivity index (χ1n) is 40.4. The number of nitrogens with zero attached hydrogens (tertiary/aromatic N) is 6. The molecule has 0 atom stereocenters. The fraction of sp³-hybridized carbons (Fsp3) is 0.0926. The zero-order chi connectivity index (χ0) is 82.7. The van der Waals surface area contributed by atoms with Crippen molar-refractivity contribution in [3.63, 3.8) is 0 Å². The number of aromatic hydroxyl groups is 2. The number of methoxy groups -OCH3 is 2. The molecule has 12 nitrogen and oxygen atoms in total. The average Bonchev–Trinajstić information content (AvgIpc) is 1.59. The number of para-hydroxylation sites is 10. The van der Waals surface area contributed by atoms with Crippen LogP contribution in [0.25, 0.3) is 132 Å². The molecule has 0 aliphatic heterocycles. The zero-order valence-electron chi connectivity index (χ0n) is 68.4. The van der Waals surface area contributed by atoms with Gasteiger partial charge in [-0.25, -0.2) is 0 Å². The number of hydrogen-bond donors (Lipinski definition) is 2. The number of anilines is 4. The van der Waals surface area contributed by atoms with Crippen LogP contribution in [0.15, 0.2) is 352 Å². The Labute approximate surface area is 723 Å². The Morgan fingerprint density at radius 1 is 0.273 bits per heavy atom. The SMILES string of the molecule is COCCN(c1ccccc1-c1cc(C)cc(-n2c3ccccc3c3ccccc32)c1[O-])c1cc(C)cc(-n2c3ccccc3c3ccccc32)c1O.COCCN(c1ccccc1-c1cc(C)cc(-n2c3ccccc3c3ccccc32)c1[O-])c1cc(C)cc(-n2c3ccccc3c3ccccc32)c1O.[CH2-]c1ccccc1.[CH2-]c1ccccc1.[Hf+4]. The first kappa shape index (κ1) is 80.8. The van der Waals surface area contributed by atoms with Crippen molar-refractivity contribution in [3.8, 4) is 68.0 Å². The summed E-state index contributed by atoms with van der Waals surface area (Å²) in [6, 6.07) is 118. The second kappa shape index (κ2) is 35.3. The smallest absolute Gasteiger partial charge is 0.871 e. The van der Waals surface area contributed by atoms with Crippen molar-refractivity contribution in [2.75, 3.05) is 50.3 Å². The van der Waals surface area contributed by atoms with Gasteiger partial charge in [-0.3, -0.25) is 0 Å². The van der Waals surface area contributed by atoms with Crippen LogP contribution in [0.2, 0.25) is 0 Å². The van der Waals surface area contributed by atoms with E-state index >= 15 is 0 Å². The molecule has 4 aromatic heterocycles. The monoisotopic (exact) mass is 1750 g/mol. The van der Waals surface area contributed by atoms with E-state index in [1.807, 2.05) is 269 Å². The van der Waals surface area contributed by atoms with Gasteiger partial charge < -0.3 is 58.0 Å². The maximum absolute atomic E-state index is 14.9. The Hall–Kier alpha value is -13.9. The number of benzene rings is 16. The van der Waals surface area contributed by atoms with Crippen LogP contribution >= 0.6 is 0 Å². The third-order valence-electron chi connectivity index (χ3n) is 22.4. The van der Waals surface area contributed by atoms with Crippen LogP contribution in [0.3, 0.4) is 0 Å². The molecule has 4 heterocycles. The molecule has 13 heteroatoms. The van der Waals surface area contributed by atoms with Gasteiger partial charge in [-0.15, -0.1) is 24.3 Å². The van der Waals surface area contributed by atoms with Crippen LogP contribution in [0.1, 0.15) is 33.4 Å². The summed E-state index contributed by atoms with van der Waals surface area (Å²) in [7, 11) is 3.36. The van der Waals surface area contributed by atoms with Crippen molar-refractivity contribution < 1.29 is 55.7 Å². The molecule has 0 spiro atoms. The molecule has 16 aromatic carbocycles. The molecular weight excluding hydrogens is 1660 g/mol. The Morgan fingerprint density at radius 2 is 0.496 bits per heavy atom. The van der Waals surface area contributed by atoms with Gasteiger partial charge in [0.05, 0.1) is 80.1 Å². The molecule has 0 unspecified atom stereocenters. The van der Waals surface area contributed by atoms with Crippen LogP contribution in [-0.2, 0) is 35.3 Å². The van der Waals surface area contributed by atoms with Crippen LogP contribution in [0.5, 0.6) is 23.0 Å². The molecule has 0 fully saturated rings. The van der Waals surface area contributed by atoms with Gasteiger partial charge in [0.1, 0.15) is 0 Å². The minimum absolute atomic E-state index is 0. The molecule has 20 rings (SSSR count). The number of aromatic nitrogens is 4. The quantitative estimate of drug-likeness (QED) is 0.0722. The number of phenols is 2. The van der Waals surface area contributed by atoms with Crippen LogP contribution in [0, 0.1) is 41.5 Å². The van der Waals surface area contributed by atoms with E-state index in [4.69, 9.17) is 9.47 Å². The molecule has 0 bridgehead atoms. The van der Waals surface area contributed by atoms with Crippen LogP contribution < -0.4 is 20.0 Å². The van der Waals surface area contributed by atoms with Gasteiger partial charge in [0.25, 0.3) is 0 Å². The topological polar surface area (TPSA) is 131 Å². The van der Waals surface area contributed by atoms with Crippen molar-refractivity contribution in [1.29, 1.82) is 0 Å². The van der Waals surface area contributed by atoms with Crippen molar-refractivity contribution in [1.82, 2.24) is 18.3 Å². The van der Waals surface area contributed by atoms with Crippen molar-refractivity contribution >= 4 is 110 Å². The molecule has 2 N–H and O–H groups in total. The minimum Gasteiger partial charge on any atom is -0.871 e. The predicted octanol–water partition coefficient (Wildman–Crippen LogP) is 25.2. The fourth-order valence-corrected chi connectivity index (χ4v) is 17.1. The molecule has 0 radical (unpaired) electrons. The second-order valence-corrected chi connectivity index (χ2v) is 30.4. The summed E-state index contributed by atoms with van der Waals surface area (Å²) in [6.07, 6.45) is 0. The predicted molar refractivity (Wildman–Crippen MR) is 495 cm³/mol. The van der Waals surface area contributed by atoms with Gasteiger partial charge >= 0.3 is 25.8 Å². The average molecular weight is 1750 g/mol. The van der Waals surface area contributed by atoms with E-state index < -0.39 is 0 Å². The summed E-state index contributed by atoms with van der Waals surface area (Å²) in [4.78, 5) is 4.17. The molecule has 20 aromatic rings. The Balaban J connectivity index is 0.000000153. The normalized spacial score (nSPS) is 11.2. The molecule has 0 saturated carbocycles. The summed E-state index contributed by atoms with van der Waals surface area (Å²) >= 11 is 0. The first-order valence-corrected chi connectivity index (χ1v) is 40.4. The van der Waals surface area contributed by atoms with Gasteiger partial charge in [-0.1, -0.05) is 218 Å². The van der Waals surface area contributed by atoms with Gasteiger partial charge in [-0.05, 0) is 158 Å². The number of phenolic OH excluding ortho intramolecular Hbond substituents is 2. The van der Waals surface area contributed by atoms with E-state index in [0.717, 1.165) is 143 Å². The molecule has 592 valence electrons. The number of rotatable bonds is 16. The zero-order valence-corrected chi connectivity index (χ0v) is 72.0. The van der Waals surface area contributed by atoms with Crippen molar-refractivity contribution in [2.24, 2.45) is 0 Å². The first-order chi connectivity index (χ1) is 58.7. The molecule has 0 aliphatic rings. The second-order valence-electron chi connectivity index (χ2n) is 30.4. The largest absolute Gasteiger partial charge is 4.00 e. The van der Waals surface area contributed by atoms with E-state index in [9.17, 15) is 20.4 Å². The molecule has 0 amide bonds. The fourth-order valence-electron chi connectivity index (χ4n) is 17.1. The number of fused-ring (bicyclic) bond motifs is 12. The summed E-state index contributed by atoms with van der Waals surface area (Å²) in [5, 5.41) is 63.5.